The largest absolute Gasteiger partial charge is 0.493 e. The molecule has 1 N–H and O–H groups in total. The highest BCUT2D eigenvalue weighted by molar-refractivity contribution is 7.99. The Bertz CT molecular complexity index is 809. The second kappa shape index (κ2) is 9.87. The molecule has 0 aromatic heterocycles. The number of hydrogen-bond acceptors (Lipinski definition) is 6. The lowest BCUT2D eigenvalue weighted by molar-refractivity contribution is -0.115. The van der Waals surface area contributed by atoms with Crippen molar-refractivity contribution >= 4 is 29.3 Å². The molecule has 144 valence electrons. The van der Waals surface area contributed by atoms with Crippen LogP contribution in [0.2, 0.25) is 0 Å². The molecule has 0 radical (unpaired) electrons. The van der Waals surface area contributed by atoms with Crippen molar-refractivity contribution in [1.82, 2.24) is 0 Å². The molecule has 0 heterocycles. The zero-order chi connectivity index (χ0) is 19.8. The summed E-state index contributed by atoms with van der Waals surface area (Å²) >= 11 is 1.48. The first-order valence-corrected chi connectivity index (χ1v) is 9.35. The van der Waals surface area contributed by atoms with Gasteiger partial charge in [0.15, 0.2) is 11.5 Å². The van der Waals surface area contributed by atoms with E-state index in [1.165, 1.54) is 18.9 Å². The highest BCUT2D eigenvalue weighted by atomic mass is 32.2. The Hall–Kier alpha value is -2.67. The van der Waals surface area contributed by atoms with E-state index in [-0.39, 0.29) is 17.1 Å². The predicted molar refractivity (Wildman–Crippen MR) is 107 cm³/mol. The number of thioether (sulfide) groups is 1. The van der Waals surface area contributed by atoms with E-state index in [4.69, 9.17) is 14.2 Å². The van der Waals surface area contributed by atoms with Crippen molar-refractivity contribution in [2.24, 2.45) is 0 Å². The van der Waals surface area contributed by atoms with E-state index >= 15 is 0 Å². The van der Waals surface area contributed by atoms with Gasteiger partial charge in [0.05, 0.1) is 32.1 Å². The Labute approximate surface area is 163 Å². The minimum Gasteiger partial charge on any atom is -0.493 e. The van der Waals surface area contributed by atoms with Gasteiger partial charge in [-0.3, -0.25) is 4.79 Å². The van der Waals surface area contributed by atoms with Crippen LogP contribution in [0.25, 0.3) is 0 Å². The molecule has 0 aliphatic rings. The summed E-state index contributed by atoms with van der Waals surface area (Å²) < 4.78 is 15.2. The first-order valence-electron chi connectivity index (χ1n) is 8.30. The van der Waals surface area contributed by atoms with Crippen LogP contribution in [0, 0.1) is 0 Å². The molecule has 1 amide bonds. The number of nitrogens with one attached hydrogen (secondary N) is 1. The Balaban J connectivity index is 1.95. The molecule has 0 fully saturated rings. The number of rotatable bonds is 8. The summed E-state index contributed by atoms with van der Waals surface area (Å²) in [6.45, 7) is 1.84. The Kier molecular flexibility index (Phi) is 7.55. The summed E-state index contributed by atoms with van der Waals surface area (Å²) in [5.41, 5.74) is 2.09. The molecule has 7 heteroatoms. The van der Waals surface area contributed by atoms with Gasteiger partial charge in [-0.25, -0.2) is 4.79 Å². The van der Waals surface area contributed by atoms with Gasteiger partial charge in [0, 0.05) is 17.5 Å². The van der Waals surface area contributed by atoms with E-state index in [0.717, 1.165) is 5.56 Å². The van der Waals surface area contributed by atoms with Crippen LogP contribution in [-0.2, 0) is 15.3 Å². The number of anilines is 1. The average Bonchev–Trinajstić information content (AvgIpc) is 2.71. The fraction of sp³-hybridized carbons (Fsp3) is 0.300. The van der Waals surface area contributed by atoms with Crippen LogP contribution in [0.4, 0.5) is 5.69 Å². The topological polar surface area (TPSA) is 73.9 Å². The standard InChI is InChI=1S/C20H23NO5S/c1-13(27-12-14-6-5-7-15(10-14)20(23)26-4)19(22)21-16-8-9-17(24-2)18(11-16)25-3/h5-11,13H,12H2,1-4H3,(H,21,22). The van der Waals surface area contributed by atoms with Gasteiger partial charge in [-0.15, -0.1) is 11.8 Å². The van der Waals surface area contributed by atoms with E-state index in [2.05, 4.69) is 5.32 Å². The number of methoxy groups -OCH3 is 3. The van der Waals surface area contributed by atoms with Crippen molar-refractivity contribution in [3.05, 3.63) is 53.6 Å². The number of esters is 1. The summed E-state index contributed by atoms with van der Waals surface area (Å²) in [5.74, 6) is 1.27. The molecule has 0 bridgehead atoms. The van der Waals surface area contributed by atoms with E-state index in [0.29, 0.717) is 28.5 Å². The normalized spacial score (nSPS) is 11.4. The third-order valence-corrected chi connectivity index (χ3v) is 5.08. The maximum absolute atomic E-state index is 12.4. The summed E-state index contributed by atoms with van der Waals surface area (Å²) in [6, 6.07) is 12.4. The fourth-order valence-electron chi connectivity index (χ4n) is 2.36. The van der Waals surface area contributed by atoms with Crippen molar-refractivity contribution < 1.29 is 23.8 Å². The van der Waals surface area contributed by atoms with Crippen LogP contribution < -0.4 is 14.8 Å². The van der Waals surface area contributed by atoms with Gasteiger partial charge in [0.1, 0.15) is 0 Å². The maximum Gasteiger partial charge on any atom is 0.337 e. The van der Waals surface area contributed by atoms with Gasteiger partial charge >= 0.3 is 5.97 Å². The van der Waals surface area contributed by atoms with Crippen molar-refractivity contribution in [3.8, 4) is 11.5 Å². The number of amides is 1. The molecular formula is C20H23NO5S. The highest BCUT2D eigenvalue weighted by Crippen LogP contribution is 2.30. The Morgan fingerprint density at radius 1 is 1.04 bits per heavy atom. The lowest BCUT2D eigenvalue weighted by Gasteiger charge is -2.14. The zero-order valence-corrected chi connectivity index (χ0v) is 16.6. The third kappa shape index (κ3) is 5.65. The van der Waals surface area contributed by atoms with Crippen molar-refractivity contribution in [2.75, 3.05) is 26.6 Å². The van der Waals surface area contributed by atoms with Gasteiger partial charge in [0.25, 0.3) is 0 Å². The molecule has 0 aliphatic carbocycles. The van der Waals surface area contributed by atoms with Crippen LogP contribution in [0.15, 0.2) is 42.5 Å². The second-order valence-corrected chi connectivity index (χ2v) is 7.03. The van der Waals surface area contributed by atoms with Gasteiger partial charge in [-0.2, -0.15) is 0 Å². The number of carbonyl (C=O) groups is 2. The average molecular weight is 389 g/mol. The van der Waals surface area contributed by atoms with Gasteiger partial charge in [-0.05, 0) is 36.8 Å². The molecule has 2 rings (SSSR count). The molecule has 0 spiro atoms. The molecule has 1 atom stereocenters. The number of hydrogen-bond donors (Lipinski definition) is 1. The predicted octanol–water partition coefficient (Wildman–Crippen LogP) is 3.75. The van der Waals surface area contributed by atoms with Crippen LogP contribution in [0.3, 0.4) is 0 Å². The number of ether oxygens (including phenoxy) is 3. The lowest BCUT2D eigenvalue weighted by Crippen LogP contribution is -2.22. The minimum absolute atomic E-state index is 0.114. The van der Waals surface area contributed by atoms with Crippen molar-refractivity contribution in [1.29, 1.82) is 0 Å². The summed E-state index contributed by atoms with van der Waals surface area (Å²) in [5, 5.41) is 2.60. The summed E-state index contributed by atoms with van der Waals surface area (Å²) in [7, 11) is 4.46. The van der Waals surface area contributed by atoms with Crippen LogP contribution >= 0.6 is 11.8 Å². The van der Waals surface area contributed by atoms with E-state index in [1.807, 2.05) is 13.0 Å². The van der Waals surface area contributed by atoms with E-state index in [1.54, 1.807) is 50.6 Å². The molecule has 2 aromatic rings. The summed E-state index contributed by atoms with van der Waals surface area (Å²) in [4.78, 5) is 24.0. The van der Waals surface area contributed by atoms with Gasteiger partial charge in [-0.1, -0.05) is 12.1 Å². The first kappa shape index (κ1) is 20.6. The SMILES string of the molecule is COC(=O)c1cccc(CSC(C)C(=O)Nc2ccc(OC)c(OC)c2)c1. The maximum atomic E-state index is 12.4. The smallest absolute Gasteiger partial charge is 0.337 e. The number of carbonyl (C=O) groups excluding carboxylic acids is 2. The van der Waals surface area contributed by atoms with Crippen molar-refractivity contribution in [2.45, 2.75) is 17.9 Å². The zero-order valence-electron chi connectivity index (χ0n) is 15.8. The van der Waals surface area contributed by atoms with E-state index < -0.39 is 0 Å². The Morgan fingerprint density at radius 3 is 2.44 bits per heavy atom. The quantitative estimate of drug-likeness (QED) is 0.693. The highest BCUT2D eigenvalue weighted by Gasteiger charge is 2.15. The molecule has 0 saturated heterocycles. The molecule has 0 saturated carbocycles. The van der Waals surface area contributed by atoms with Crippen LogP contribution in [-0.4, -0.2) is 38.5 Å². The number of benzene rings is 2. The molecule has 1 unspecified atom stereocenters. The van der Waals surface area contributed by atoms with Crippen LogP contribution in [0.5, 0.6) is 11.5 Å². The monoisotopic (exact) mass is 389 g/mol. The van der Waals surface area contributed by atoms with Crippen molar-refractivity contribution in [3.63, 3.8) is 0 Å². The van der Waals surface area contributed by atoms with E-state index in [9.17, 15) is 9.59 Å². The molecular weight excluding hydrogens is 366 g/mol. The summed E-state index contributed by atoms with van der Waals surface area (Å²) in [6.07, 6.45) is 0. The molecule has 27 heavy (non-hydrogen) atoms. The second-order valence-electron chi connectivity index (χ2n) is 5.70. The Morgan fingerprint density at radius 2 is 1.78 bits per heavy atom. The molecule has 2 aromatic carbocycles. The van der Waals surface area contributed by atoms with Gasteiger partial charge < -0.3 is 19.5 Å². The fourth-order valence-corrected chi connectivity index (χ4v) is 3.19. The van der Waals surface area contributed by atoms with Gasteiger partial charge in [0.2, 0.25) is 5.91 Å². The minimum atomic E-state index is -0.374. The first-order chi connectivity index (χ1) is 13.0. The molecule has 0 aliphatic heterocycles. The lowest BCUT2D eigenvalue weighted by atomic mass is 10.1. The third-order valence-electron chi connectivity index (χ3n) is 3.87. The van der Waals surface area contributed by atoms with Crippen LogP contribution in [0.1, 0.15) is 22.8 Å². The molecule has 6 nitrogen and oxygen atoms in total.